The first-order valence-electron chi connectivity index (χ1n) is 10.7. The molecule has 0 bridgehead atoms. The molecule has 33 heavy (non-hydrogen) atoms. The fraction of sp³-hybridized carbons (Fsp3) is 0.333. The second-order valence-electron chi connectivity index (χ2n) is 7.69. The van der Waals surface area contributed by atoms with E-state index in [1.54, 1.807) is 31.3 Å². The van der Waals surface area contributed by atoms with Crippen molar-refractivity contribution in [2.24, 2.45) is 0 Å². The Hall–Kier alpha value is -3.62. The molecule has 3 aromatic heterocycles. The molecule has 3 N–H and O–H groups in total. The van der Waals surface area contributed by atoms with Gasteiger partial charge in [0.25, 0.3) is 6.43 Å². The van der Waals surface area contributed by atoms with Crippen LogP contribution in [0.4, 0.5) is 20.2 Å². The van der Waals surface area contributed by atoms with Gasteiger partial charge >= 0.3 is 0 Å². The number of hydrogen-bond donors (Lipinski definition) is 3. The van der Waals surface area contributed by atoms with Crippen LogP contribution in [0.2, 0.25) is 0 Å². The number of alkyl halides is 2. The number of nitrogens with zero attached hydrogens (tertiary/aromatic N) is 3. The topological polar surface area (TPSA) is 95.8 Å². The summed E-state index contributed by atoms with van der Waals surface area (Å²) in [6, 6.07) is 8.76. The smallest absolute Gasteiger partial charge is 0.280 e. The lowest BCUT2D eigenvalue weighted by molar-refractivity contribution is 0.145. The molecule has 0 aliphatic heterocycles. The minimum atomic E-state index is -2.67. The van der Waals surface area contributed by atoms with Gasteiger partial charge in [0, 0.05) is 25.0 Å². The third-order valence-electron chi connectivity index (χ3n) is 4.74. The van der Waals surface area contributed by atoms with E-state index in [4.69, 9.17) is 15.1 Å². The fourth-order valence-electron chi connectivity index (χ4n) is 3.35. The van der Waals surface area contributed by atoms with Gasteiger partial charge in [-0.25, -0.2) is 18.7 Å². The Morgan fingerprint density at radius 2 is 1.88 bits per heavy atom. The highest BCUT2D eigenvalue weighted by molar-refractivity contribution is 6.03. The van der Waals surface area contributed by atoms with Gasteiger partial charge in [0.05, 0.1) is 35.0 Å². The Morgan fingerprint density at radius 3 is 2.55 bits per heavy atom. The van der Waals surface area contributed by atoms with Gasteiger partial charge in [0.1, 0.15) is 11.4 Å². The maximum absolute atomic E-state index is 13.4. The van der Waals surface area contributed by atoms with Crippen LogP contribution in [0.25, 0.3) is 11.3 Å². The molecule has 3 aromatic rings. The Morgan fingerprint density at radius 1 is 1.15 bits per heavy atom. The van der Waals surface area contributed by atoms with Crippen molar-refractivity contribution in [3.05, 3.63) is 59.7 Å². The molecule has 0 unspecified atom stereocenters. The number of rotatable bonds is 10. The lowest BCUT2D eigenvalue weighted by Gasteiger charge is -2.21. The molecular formula is C24H28F2N6O. The van der Waals surface area contributed by atoms with Crippen LogP contribution in [0.5, 0.6) is 5.88 Å². The van der Waals surface area contributed by atoms with E-state index in [-0.39, 0.29) is 24.0 Å². The van der Waals surface area contributed by atoms with E-state index in [1.165, 1.54) is 6.20 Å². The minimum Gasteiger partial charge on any atom is -0.477 e. The third kappa shape index (κ3) is 5.79. The summed E-state index contributed by atoms with van der Waals surface area (Å²) in [5, 5.41) is 14.9. The van der Waals surface area contributed by atoms with Gasteiger partial charge in [0.15, 0.2) is 0 Å². The van der Waals surface area contributed by atoms with Gasteiger partial charge in [0.2, 0.25) is 5.88 Å². The average molecular weight is 455 g/mol. The molecule has 3 heterocycles. The highest BCUT2D eigenvalue weighted by Crippen LogP contribution is 2.35. The Bertz CT molecular complexity index is 1120. The molecule has 0 saturated heterocycles. The molecule has 174 valence electrons. The van der Waals surface area contributed by atoms with Crippen molar-refractivity contribution >= 4 is 17.1 Å². The van der Waals surface area contributed by atoms with Gasteiger partial charge in [-0.15, -0.1) is 0 Å². The van der Waals surface area contributed by atoms with Crippen molar-refractivity contribution in [3.63, 3.8) is 0 Å². The summed E-state index contributed by atoms with van der Waals surface area (Å²) in [7, 11) is 0. The first-order chi connectivity index (χ1) is 15.8. The molecule has 9 heteroatoms. The predicted molar refractivity (Wildman–Crippen MR) is 126 cm³/mol. The lowest BCUT2D eigenvalue weighted by atomic mass is 10.1. The SMILES string of the molecule is CCOc1ncccc1-c1cc(NCc2cccnc2C(F)F)c(NC(C)C)c(C(C)=N)n1. The fourth-order valence-corrected chi connectivity index (χ4v) is 3.35. The van der Waals surface area contributed by atoms with Crippen molar-refractivity contribution in [1.29, 1.82) is 5.41 Å². The molecule has 0 saturated carbocycles. The van der Waals surface area contributed by atoms with E-state index in [2.05, 4.69) is 20.6 Å². The van der Waals surface area contributed by atoms with Gasteiger partial charge in [-0.2, -0.15) is 0 Å². The van der Waals surface area contributed by atoms with Gasteiger partial charge in [-0.05, 0) is 57.5 Å². The quantitative estimate of drug-likeness (QED) is 0.340. The van der Waals surface area contributed by atoms with Crippen LogP contribution in [-0.2, 0) is 6.54 Å². The third-order valence-corrected chi connectivity index (χ3v) is 4.74. The van der Waals surface area contributed by atoms with E-state index in [0.29, 0.717) is 46.4 Å². The van der Waals surface area contributed by atoms with Crippen LogP contribution in [0.15, 0.2) is 42.7 Å². The number of ether oxygens (including phenoxy) is 1. The zero-order valence-corrected chi connectivity index (χ0v) is 19.1. The van der Waals surface area contributed by atoms with E-state index >= 15 is 0 Å². The van der Waals surface area contributed by atoms with Crippen molar-refractivity contribution in [2.45, 2.75) is 46.7 Å². The standard InChI is InChI=1S/C24H28F2N6O/c1-5-33-24-17(9-7-11-29-24)18-12-19(22(31-14(2)3)20(32-18)15(4)27)30-13-16-8-6-10-28-21(16)23(25)26/h6-12,14,23,27,31H,5,13H2,1-4H3,(H,30,32). The van der Waals surface area contributed by atoms with E-state index in [0.717, 1.165) is 0 Å². The summed E-state index contributed by atoms with van der Waals surface area (Å²) in [5.41, 5.74) is 3.35. The van der Waals surface area contributed by atoms with Gasteiger partial charge < -0.3 is 20.8 Å². The van der Waals surface area contributed by atoms with Gasteiger partial charge in [-0.3, -0.25) is 4.98 Å². The predicted octanol–water partition coefficient (Wildman–Crippen LogP) is 5.70. The number of anilines is 2. The molecule has 0 amide bonds. The summed E-state index contributed by atoms with van der Waals surface area (Å²) in [6.45, 7) is 8.05. The summed E-state index contributed by atoms with van der Waals surface area (Å²) >= 11 is 0. The van der Waals surface area contributed by atoms with Crippen LogP contribution >= 0.6 is 0 Å². The summed E-state index contributed by atoms with van der Waals surface area (Å²) in [4.78, 5) is 12.8. The average Bonchev–Trinajstić information content (AvgIpc) is 2.78. The van der Waals surface area contributed by atoms with Crippen molar-refractivity contribution in [2.75, 3.05) is 17.2 Å². The second-order valence-corrected chi connectivity index (χ2v) is 7.69. The lowest BCUT2D eigenvalue weighted by Crippen LogP contribution is -2.17. The van der Waals surface area contributed by atoms with E-state index in [9.17, 15) is 8.78 Å². The van der Waals surface area contributed by atoms with Crippen molar-refractivity contribution in [3.8, 4) is 17.1 Å². The minimum absolute atomic E-state index is 0.0590. The molecule has 0 aliphatic carbocycles. The van der Waals surface area contributed by atoms with E-state index < -0.39 is 6.43 Å². The van der Waals surface area contributed by atoms with Crippen molar-refractivity contribution in [1.82, 2.24) is 15.0 Å². The molecule has 0 fully saturated rings. The van der Waals surface area contributed by atoms with Crippen LogP contribution in [-0.4, -0.2) is 33.3 Å². The monoisotopic (exact) mass is 454 g/mol. The van der Waals surface area contributed by atoms with Gasteiger partial charge in [-0.1, -0.05) is 6.07 Å². The molecule has 3 rings (SSSR count). The number of hydrogen-bond acceptors (Lipinski definition) is 7. The summed E-state index contributed by atoms with van der Waals surface area (Å²) in [5.74, 6) is 0.434. The summed E-state index contributed by atoms with van der Waals surface area (Å²) in [6.07, 6.45) is 0.322. The zero-order valence-electron chi connectivity index (χ0n) is 19.1. The number of nitrogens with one attached hydrogen (secondary N) is 3. The van der Waals surface area contributed by atoms with Crippen LogP contribution in [0, 0.1) is 5.41 Å². The molecule has 0 radical (unpaired) electrons. The zero-order chi connectivity index (χ0) is 24.0. The first kappa shape index (κ1) is 24.0. The second kappa shape index (κ2) is 10.8. The van der Waals surface area contributed by atoms with Crippen LogP contribution in [0.3, 0.4) is 0 Å². The number of aromatic nitrogens is 3. The molecular weight excluding hydrogens is 426 g/mol. The van der Waals surface area contributed by atoms with Crippen LogP contribution < -0.4 is 15.4 Å². The highest BCUT2D eigenvalue weighted by atomic mass is 19.3. The largest absolute Gasteiger partial charge is 0.477 e. The van der Waals surface area contributed by atoms with Crippen LogP contribution in [0.1, 0.15) is 51.1 Å². The number of halogens is 2. The first-order valence-corrected chi connectivity index (χ1v) is 10.7. The summed E-state index contributed by atoms with van der Waals surface area (Å²) < 4.78 is 32.5. The molecule has 0 spiro atoms. The van der Waals surface area contributed by atoms with Crippen molar-refractivity contribution < 1.29 is 13.5 Å². The molecule has 0 aliphatic rings. The molecule has 7 nitrogen and oxygen atoms in total. The highest BCUT2D eigenvalue weighted by Gasteiger charge is 2.20. The molecule has 0 atom stereocenters. The number of pyridine rings is 3. The normalized spacial score (nSPS) is 11.0. The Labute approximate surface area is 192 Å². The molecule has 0 aromatic carbocycles. The maximum atomic E-state index is 13.4. The Kier molecular flexibility index (Phi) is 7.87. The maximum Gasteiger partial charge on any atom is 0.280 e. The Balaban J connectivity index is 2.11. The van der Waals surface area contributed by atoms with E-state index in [1.807, 2.05) is 32.9 Å².